The minimum Gasteiger partial charge on any atom is -0.388 e. The maximum Gasteiger partial charge on any atom is 0.253 e. The molecule has 0 bridgehead atoms. The Hall–Kier alpha value is -1.37. The van der Waals surface area contributed by atoms with Gasteiger partial charge in [-0.15, -0.1) is 0 Å². The van der Waals surface area contributed by atoms with Gasteiger partial charge in [0.1, 0.15) is 5.69 Å². The Bertz CT molecular complexity index is 438. The Morgan fingerprint density at radius 1 is 1.18 bits per heavy atom. The van der Waals surface area contributed by atoms with Gasteiger partial charge in [-0.05, 0) is 13.3 Å². The fourth-order valence-corrected chi connectivity index (χ4v) is 1.89. The van der Waals surface area contributed by atoms with Gasteiger partial charge < -0.3 is 10.0 Å². The van der Waals surface area contributed by atoms with Gasteiger partial charge in [0.25, 0.3) is 11.9 Å². The van der Waals surface area contributed by atoms with Gasteiger partial charge in [-0.3, -0.25) is 0 Å². The summed E-state index contributed by atoms with van der Waals surface area (Å²) in [5.74, 6) is -6.46. The lowest BCUT2D eigenvalue weighted by Crippen LogP contribution is -2.31. The molecule has 94 valence electrons. The van der Waals surface area contributed by atoms with Crippen LogP contribution in [0.2, 0.25) is 0 Å². The second-order valence-corrected chi connectivity index (χ2v) is 4.34. The normalized spacial score (nSPS) is 24.5. The SMILES string of the molecule is CC1(O)CCN(c2c(F)c(F)nc(F)c2F)C1. The van der Waals surface area contributed by atoms with Gasteiger partial charge in [-0.2, -0.15) is 22.5 Å². The number of hydrogen-bond donors (Lipinski definition) is 1. The molecule has 1 atom stereocenters. The molecule has 17 heavy (non-hydrogen) atoms. The highest BCUT2D eigenvalue weighted by atomic mass is 19.2. The quantitative estimate of drug-likeness (QED) is 0.607. The molecule has 1 unspecified atom stereocenters. The van der Waals surface area contributed by atoms with Crippen LogP contribution >= 0.6 is 0 Å². The number of nitrogens with zero attached hydrogens (tertiary/aromatic N) is 2. The van der Waals surface area contributed by atoms with E-state index < -0.39 is 34.8 Å². The van der Waals surface area contributed by atoms with E-state index in [1.54, 1.807) is 0 Å². The number of β-amino-alcohol motifs (C(OH)–C–C–N with tert-alkyl or cyclic N) is 1. The first kappa shape index (κ1) is 12.1. The van der Waals surface area contributed by atoms with Crippen molar-refractivity contribution in [3.05, 3.63) is 23.5 Å². The molecule has 1 aromatic rings. The number of aliphatic hydroxyl groups is 1. The van der Waals surface area contributed by atoms with Gasteiger partial charge in [-0.1, -0.05) is 0 Å². The number of pyridine rings is 1. The molecular formula is C10H10F4N2O. The third-order valence-corrected chi connectivity index (χ3v) is 2.74. The van der Waals surface area contributed by atoms with E-state index in [2.05, 4.69) is 4.98 Å². The summed E-state index contributed by atoms with van der Waals surface area (Å²) in [6.07, 6.45) is 0.261. The van der Waals surface area contributed by atoms with Crippen LogP contribution in [0.5, 0.6) is 0 Å². The smallest absolute Gasteiger partial charge is 0.253 e. The highest BCUT2D eigenvalue weighted by molar-refractivity contribution is 5.50. The number of rotatable bonds is 1. The van der Waals surface area contributed by atoms with Gasteiger partial charge >= 0.3 is 0 Å². The Morgan fingerprint density at radius 2 is 1.71 bits per heavy atom. The van der Waals surface area contributed by atoms with E-state index in [4.69, 9.17) is 0 Å². The number of halogens is 4. The van der Waals surface area contributed by atoms with Crippen molar-refractivity contribution in [1.29, 1.82) is 0 Å². The summed E-state index contributed by atoms with van der Waals surface area (Å²) in [4.78, 5) is 3.54. The van der Waals surface area contributed by atoms with Crippen molar-refractivity contribution in [3.63, 3.8) is 0 Å². The van der Waals surface area contributed by atoms with Crippen molar-refractivity contribution >= 4 is 5.69 Å². The molecule has 0 amide bonds. The van der Waals surface area contributed by atoms with Gasteiger partial charge in [0.15, 0.2) is 0 Å². The zero-order valence-corrected chi connectivity index (χ0v) is 8.97. The molecule has 1 saturated heterocycles. The summed E-state index contributed by atoms with van der Waals surface area (Å²) in [5, 5.41) is 9.66. The van der Waals surface area contributed by atoms with Crippen LogP contribution in [0.15, 0.2) is 0 Å². The van der Waals surface area contributed by atoms with Gasteiger partial charge in [0.05, 0.1) is 5.60 Å². The van der Waals surface area contributed by atoms with E-state index in [-0.39, 0.29) is 19.5 Å². The zero-order chi connectivity index (χ0) is 12.8. The lowest BCUT2D eigenvalue weighted by molar-refractivity contribution is 0.0838. The minimum absolute atomic E-state index is 0.0935. The molecule has 0 aromatic carbocycles. The largest absolute Gasteiger partial charge is 0.388 e. The molecule has 0 aliphatic carbocycles. The summed E-state index contributed by atoms with van der Waals surface area (Å²) >= 11 is 0. The standard InChI is InChI=1S/C10H10F4N2O/c1-10(17)2-3-16(4-10)7-5(11)8(13)15-9(14)6(7)12/h17H,2-4H2,1H3. The van der Waals surface area contributed by atoms with Gasteiger partial charge in [-0.25, -0.2) is 0 Å². The molecule has 1 aliphatic rings. The van der Waals surface area contributed by atoms with E-state index in [0.29, 0.717) is 0 Å². The zero-order valence-electron chi connectivity index (χ0n) is 8.97. The van der Waals surface area contributed by atoms with Crippen molar-refractivity contribution in [3.8, 4) is 0 Å². The van der Waals surface area contributed by atoms with Crippen LogP contribution in [-0.4, -0.2) is 28.8 Å². The summed E-state index contributed by atoms with van der Waals surface area (Å²) in [5.41, 5.74) is -1.94. The van der Waals surface area contributed by atoms with Crippen LogP contribution in [0, 0.1) is 23.5 Å². The van der Waals surface area contributed by atoms with Crippen LogP contribution in [0.4, 0.5) is 23.2 Å². The molecule has 3 nitrogen and oxygen atoms in total. The first-order chi connectivity index (χ1) is 7.82. The lowest BCUT2D eigenvalue weighted by Gasteiger charge is -2.21. The molecule has 0 spiro atoms. The van der Waals surface area contributed by atoms with Crippen molar-refractivity contribution in [2.24, 2.45) is 0 Å². The summed E-state index contributed by atoms with van der Waals surface area (Å²) in [6, 6.07) is 0. The second kappa shape index (κ2) is 3.83. The van der Waals surface area contributed by atoms with E-state index in [0.717, 1.165) is 4.90 Å². The average Bonchev–Trinajstić information content (AvgIpc) is 2.56. The van der Waals surface area contributed by atoms with E-state index in [9.17, 15) is 22.7 Å². The summed E-state index contributed by atoms with van der Waals surface area (Å²) in [7, 11) is 0. The molecule has 1 N–H and O–H groups in total. The van der Waals surface area contributed by atoms with E-state index in [1.165, 1.54) is 6.92 Å². The van der Waals surface area contributed by atoms with Crippen molar-refractivity contribution in [1.82, 2.24) is 4.98 Å². The average molecular weight is 250 g/mol. The maximum absolute atomic E-state index is 13.4. The Balaban J connectivity index is 2.46. The Morgan fingerprint density at radius 3 is 2.12 bits per heavy atom. The van der Waals surface area contributed by atoms with Crippen LogP contribution in [0.25, 0.3) is 0 Å². The predicted octanol–water partition coefficient (Wildman–Crippen LogP) is 1.60. The van der Waals surface area contributed by atoms with Gasteiger partial charge in [0.2, 0.25) is 11.6 Å². The minimum atomic E-state index is -1.69. The topological polar surface area (TPSA) is 36.4 Å². The summed E-state index contributed by atoms with van der Waals surface area (Å²) in [6.45, 7) is 1.50. The molecule has 1 aliphatic heterocycles. The van der Waals surface area contributed by atoms with Crippen LogP contribution in [0.3, 0.4) is 0 Å². The van der Waals surface area contributed by atoms with Crippen molar-refractivity contribution in [2.75, 3.05) is 18.0 Å². The van der Waals surface area contributed by atoms with Gasteiger partial charge in [0, 0.05) is 13.1 Å². The monoisotopic (exact) mass is 250 g/mol. The maximum atomic E-state index is 13.4. The molecule has 0 radical (unpaired) electrons. The fraction of sp³-hybridized carbons (Fsp3) is 0.500. The van der Waals surface area contributed by atoms with Crippen molar-refractivity contribution in [2.45, 2.75) is 18.9 Å². The van der Waals surface area contributed by atoms with E-state index in [1.807, 2.05) is 0 Å². The molecule has 1 aromatic heterocycles. The predicted molar refractivity (Wildman–Crippen MR) is 51.5 cm³/mol. The lowest BCUT2D eigenvalue weighted by atomic mass is 10.1. The third kappa shape index (κ3) is 2.06. The number of hydrogen-bond acceptors (Lipinski definition) is 3. The van der Waals surface area contributed by atoms with Crippen LogP contribution in [0.1, 0.15) is 13.3 Å². The molecular weight excluding hydrogens is 240 g/mol. The first-order valence-electron chi connectivity index (χ1n) is 4.99. The molecule has 2 rings (SSSR count). The second-order valence-electron chi connectivity index (χ2n) is 4.34. The third-order valence-electron chi connectivity index (χ3n) is 2.74. The molecule has 0 saturated carbocycles. The highest BCUT2D eigenvalue weighted by Crippen LogP contribution is 2.31. The Labute approximate surface area is 94.7 Å². The van der Waals surface area contributed by atoms with E-state index >= 15 is 0 Å². The summed E-state index contributed by atoms with van der Waals surface area (Å²) < 4.78 is 52.5. The highest BCUT2D eigenvalue weighted by Gasteiger charge is 2.35. The van der Waals surface area contributed by atoms with Crippen LogP contribution in [-0.2, 0) is 0 Å². The first-order valence-corrected chi connectivity index (χ1v) is 4.99. The molecule has 1 fully saturated rings. The molecule has 2 heterocycles. The number of aromatic nitrogens is 1. The molecule has 7 heteroatoms. The van der Waals surface area contributed by atoms with Crippen LogP contribution < -0.4 is 4.90 Å². The Kier molecular flexibility index (Phi) is 2.73. The number of anilines is 1. The fourth-order valence-electron chi connectivity index (χ4n) is 1.89. The van der Waals surface area contributed by atoms with Crippen molar-refractivity contribution < 1.29 is 22.7 Å².